The van der Waals surface area contributed by atoms with Crippen LogP contribution in [0.5, 0.6) is 0 Å². The molecule has 1 rings (SSSR count). The Morgan fingerprint density at radius 2 is 2.06 bits per heavy atom. The van der Waals surface area contributed by atoms with E-state index in [0.717, 1.165) is 13.3 Å². The predicted molar refractivity (Wildman–Crippen MR) is 53.4 cm³/mol. The van der Waals surface area contributed by atoms with Gasteiger partial charge in [0.1, 0.15) is 0 Å². The number of hydrogen-bond donors (Lipinski definition) is 2. The number of carboxylic acids is 1. The molecule has 0 unspecified atom stereocenters. The molecule has 16 heavy (non-hydrogen) atoms. The van der Waals surface area contributed by atoms with Gasteiger partial charge < -0.3 is 15.2 Å². The Morgan fingerprint density at radius 1 is 1.44 bits per heavy atom. The molecule has 0 aliphatic heterocycles. The summed E-state index contributed by atoms with van der Waals surface area (Å²) in [5.74, 6) is -2.16. The smallest absolute Gasteiger partial charge is 0.346 e. The van der Waals surface area contributed by atoms with E-state index in [1.165, 1.54) is 12.4 Å². The molecule has 0 saturated heterocycles. The van der Waals surface area contributed by atoms with Gasteiger partial charge in [-0.05, 0) is 6.07 Å². The van der Waals surface area contributed by atoms with E-state index < -0.39 is 17.5 Å². The summed E-state index contributed by atoms with van der Waals surface area (Å²) < 4.78 is 4.29. The molecular formula is C9H9N3O4. The number of nitrogens with one attached hydrogen (secondary N) is 1. The number of nitrogens with zero attached hydrogens (tertiary/aromatic N) is 2. The molecule has 0 aliphatic rings. The molecule has 0 amide bonds. The van der Waals surface area contributed by atoms with Crippen LogP contribution in [0.1, 0.15) is 0 Å². The minimum Gasteiger partial charge on any atom is -0.477 e. The second-order valence-corrected chi connectivity index (χ2v) is 2.57. The molecule has 0 aromatic carbocycles. The standard InChI is InChI=1S/C9H9N3O4/c1-16-8(15)6(7(13)14)5-12-9-10-3-2-4-11-9/h2-5H,1H3,(H,13,14)(H,10,11,12)/b6-5-. The van der Waals surface area contributed by atoms with Crippen molar-refractivity contribution < 1.29 is 19.4 Å². The Morgan fingerprint density at radius 3 is 2.56 bits per heavy atom. The highest BCUT2D eigenvalue weighted by Gasteiger charge is 2.17. The topological polar surface area (TPSA) is 101 Å². The van der Waals surface area contributed by atoms with Crippen molar-refractivity contribution in [3.63, 3.8) is 0 Å². The molecule has 1 aromatic rings. The first-order valence-electron chi connectivity index (χ1n) is 4.20. The van der Waals surface area contributed by atoms with E-state index in [1.54, 1.807) is 6.07 Å². The highest BCUT2D eigenvalue weighted by atomic mass is 16.5. The van der Waals surface area contributed by atoms with Crippen LogP contribution in [0.15, 0.2) is 30.2 Å². The molecule has 0 radical (unpaired) electrons. The third-order valence-electron chi connectivity index (χ3n) is 1.55. The molecule has 1 aromatic heterocycles. The van der Waals surface area contributed by atoms with Crippen LogP contribution < -0.4 is 5.32 Å². The van der Waals surface area contributed by atoms with Gasteiger partial charge >= 0.3 is 11.9 Å². The maximum absolute atomic E-state index is 11.0. The lowest BCUT2D eigenvalue weighted by molar-refractivity contribution is -0.142. The van der Waals surface area contributed by atoms with Crippen molar-refractivity contribution in [1.82, 2.24) is 9.97 Å². The zero-order valence-electron chi connectivity index (χ0n) is 8.38. The van der Waals surface area contributed by atoms with Gasteiger partial charge in [0.25, 0.3) is 0 Å². The number of carboxylic acid groups (broad SMARTS) is 1. The first kappa shape index (κ1) is 11.6. The summed E-state index contributed by atoms with van der Waals surface area (Å²) in [5, 5.41) is 11.2. The molecule has 0 saturated carbocycles. The lowest BCUT2D eigenvalue weighted by atomic mass is 10.3. The van der Waals surface area contributed by atoms with Crippen LogP contribution in [0.3, 0.4) is 0 Å². The Bertz CT molecular complexity index is 416. The number of esters is 1. The summed E-state index contributed by atoms with van der Waals surface area (Å²) in [5.41, 5.74) is -0.532. The lowest BCUT2D eigenvalue weighted by Crippen LogP contribution is -2.15. The normalized spacial score (nSPS) is 10.7. The molecule has 0 spiro atoms. The third kappa shape index (κ3) is 3.05. The second-order valence-electron chi connectivity index (χ2n) is 2.57. The predicted octanol–water partition coefficient (Wildman–Crippen LogP) is 0.0300. The summed E-state index contributed by atoms with van der Waals surface area (Å²) in [7, 11) is 1.10. The zero-order valence-corrected chi connectivity index (χ0v) is 8.38. The average Bonchev–Trinajstić information content (AvgIpc) is 2.30. The van der Waals surface area contributed by atoms with E-state index in [2.05, 4.69) is 20.0 Å². The molecule has 2 N–H and O–H groups in total. The van der Waals surface area contributed by atoms with Crippen molar-refractivity contribution in [2.75, 3.05) is 12.4 Å². The first-order chi connectivity index (χ1) is 7.65. The third-order valence-corrected chi connectivity index (χ3v) is 1.55. The zero-order chi connectivity index (χ0) is 12.0. The van der Waals surface area contributed by atoms with Crippen LogP contribution in [-0.4, -0.2) is 34.1 Å². The Hall–Kier alpha value is -2.44. The van der Waals surface area contributed by atoms with Crippen molar-refractivity contribution in [3.05, 3.63) is 30.2 Å². The monoisotopic (exact) mass is 223 g/mol. The highest BCUT2D eigenvalue weighted by Crippen LogP contribution is 2.00. The van der Waals surface area contributed by atoms with Gasteiger partial charge in [0, 0.05) is 18.6 Å². The minimum atomic E-state index is -1.39. The van der Waals surface area contributed by atoms with Crippen LogP contribution in [0, 0.1) is 0 Å². The van der Waals surface area contributed by atoms with Crippen LogP contribution in [0.25, 0.3) is 0 Å². The van der Waals surface area contributed by atoms with Gasteiger partial charge in [-0.15, -0.1) is 0 Å². The average molecular weight is 223 g/mol. The number of aliphatic carboxylic acids is 1. The molecule has 7 nitrogen and oxygen atoms in total. The van der Waals surface area contributed by atoms with Crippen LogP contribution in [-0.2, 0) is 14.3 Å². The molecule has 84 valence electrons. The van der Waals surface area contributed by atoms with Crippen molar-refractivity contribution >= 4 is 17.9 Å². The Labute approximate surface area is 90.8 Å². The van der Waals surface area contributed by atoms with Crippen LogP contribution >= 0.6 is 0 Å². The number of hydrogen-bond acceptors (Lipinski definition) is 6. The Balaban J connectivity index is 2.81. The summed E-state index contributed by atoms with van der Waals surface area (Å²) in [6.45, 7) is 0. The molecule has 0 fully saturated rings. The van der Waals surface area contributed by atoms with Crippen LogP contribution in [0.2, 0.25) is 0 Å². The number of aromatic nitrogens is 2. The van der Waals surface area contributed by atoms with Crippen LogP contribution in [0.4, 0.5) is 5.95 Å². The maximum atomic E-state index is 11.0. The number of ether oxygens (including phenoxy) is 1. The molecular weight excluding hydrogens is 214 g/mol. The van der Waals surface area contributed by atoms with E-state index in [-0.39, 0.29) is 5.95 Å². The van der Waals surface area contributed by atoms with E-state index in [1.807, 2.05) is 0 Å². The number of rotatable bonds is 4. The van der Waals surface area contributed by atoms with Crippen molar-refractivity contribution in [3.8, 4) is 0 Å². The number of methoxy groups -OCH3 is 1. The summed E-state index contributed by atoms with van der Waals surface area (Å²) in [6, 6.07) is 1.60. The number of anilines is 1. The van der Waals surface area contributed by atoms with Gasteiger partial charge in [-0.25, -0.2) is 19.6 Å². The highest BCUT2D eigenvalue weighted by molar-refractivity contribution is 6.13. The number of carbonyl (C=O) groups is 2. The summed E-state index contributed by atoms with van der Waals surface area (Å²) >= 11 is 0. The Kier molecular flexibility index (Phi) is 3.96. The molecule has 0 atom stereocenters. The maximum Gasteiger partial charge on any atom is 0.346 e. The number of carbonyl (C=O) groups excluding carboxylic acids is 1. The van der Waals surface area contributed by atoms with Gasteiger partial charge in [-0.1, -0.05) is 0 Å². The van der Waals surface area contributed by atoms with Gasteiger partial charge in [0.2, 0.25) is 5.95 Å². The van der Waals surface area contributed by atoms with Gasteiger partial charge in [-0.2, -0.15) is 0 Å². The van der Waals surface area contributed by atoms with E-state index in [9.17, 15) is 9.59 Å². The van der Waals surface area contributed by atoms with Gasteiger partial charge in [-0.3, -0.25) is 0 Å². The van der Waals surface area contributed by atoms with Crippen molar-refractivity contribution in [1.29, 1.82) is 0 Å². The van der Waals surface area contributed by atoms with Gasteiger partial charge in [0.15, 0.2) is 5.57 Å². The lowest BCUT2D eigenvalue weighted by Gasteiger charge is -2.01. The fourth-order valence-electron chi connectivity index (χ4n) is 0.828. The first-order valence-corrected chi connectivity index (χ1v) is 4.20. The largest absolute Gasteiger partial charge is 0.477 e. The summed E-state index contributed by atoms with van der Waals surface area (Å²) in [4.78, 5) is 29.3. The SMILES string of the molecule is COC(=O)/C(=C\Nc1ncccn1)C(=O)O. The van der Waals surface area contributed by atoms with Gasteiger partial charge in [0.05, 0.1) is 7.11 Å². The molecule has 1 heterocycles. The minimum absolute atomic E-state index is 0.185. The fraction of sp³-hybridized carbons (Fsp3) is 0.111. The van der Waals surface area contributed by atoms with E-state index in [0.29, 0.717) is 0 Å². The molecule has 0 aliphatic carbocycles. The second kappa shape index (κ2) is 5.44. The van der Waals surface area contributed by atoms with E-state index >= 15 is 0 Å². The molecule has 0 bridgehead atoms. The van der Waals surface area contributed by atoms with E-state index in [4.69, 9.17) is 5.11 Å². The van der Waals surface area contributed by atoms with Crippen molar-refractivity contribution in [2.24, 2.45) is 0 Å². The fourth-order valence-corrected chi connectivity index (χ4v) is 0.828. The summed E-state index contributed by atoms with van der Waals surface area (Å²) in [6.07, 6.45) is 3.92. The molecule has 7 heteroatoms. The van der Waals surface area contributed by atoms with Crippen molar-refractivity contribution in [2.45, 2.75) is 0 Å². The quantitative estimate of drug-likeness (QED) is 0.321.